The van der Waals surface area contributed by atoms with Gasteiger partial charge in [0.05, 0.1) is 4.90 Å². The summed E-state index contributed by atoms with van der Waals surface area (Å²) in [6.07, 6.45) is 2.83. The lowest BCUT2D eigenvalue weighted by molar-refractivity contribution is 0.102. The van der Waals surface area contributed by atoms with E-state index in [4.69, 9.17) is 0 Å². The number of nitrogens with one attached hydrogen (secondary N) is 1. The molecular weight excluding hydrogens is 496 g/mol. The number of carbonyl (C=O) groups is 1. The van der Waals surface area contributed by atoms with Gasteiger partial charge in [-0.25, -0.2) is 8.42 Å². The summed E-state index contributed by atoms with van der Waals surface area (Å²) in [6, 6.07) is 11.6. The summed E-state index contributed by atoms with van der Waals surface area (Å²) in [7, 11) is -3.51. The Bertz CT molecular complexity index is 946. The maximum atomic E-state index is 12.9. The molecule has 144 valence electrons. The summed E-state index contributed by atoms with van der Waals surface area (Å²) in [5.74, 6) is -0.261. The molecule has 1 aliphatic rings. The van der Waals surface area contributed by atoms with E-state index in [9.17, 15) is 13.2 Å². The second-order valence-corrected chi connectivity index (χ2v) is 10.2. The maximum absolute atomic E-state index is 12.9. The minimum Gasteiger partial charge on any atom is -0.322 e. The topological polar surface area (TPSA) is 66.5 Å². The molecule has 0 saturated carbocycles. The highest BCUT2D eigenvalue weighted by atomic mass is 79.9. The van der Waals surface area contributed by atoms with Crippen LogP contribution in [0.25, 0.3) is 0 Å². The first-order valence-corrected chi connectivity index (χ1v) is 11.7. The first-order valence-electron chi connectivity index (χ1n) is 8.67. The van der Waals surface area contributed by atoms with Crippen LogP contribution in [0, 0.1) is 0 Å². The molecule has 1 amide bonds. The van der Waals surface area contributed by atoms with Crippen LogP contribution >= 0.6 is 31.9 Å². The zero-order valence-electron chi connectivity index (χ0n) is 14.8. The minimum absolute atomic E-state index is 0.0129. The number of piperidine rings is 1. The lowest BCUT2D eigenvalue weighted by atomic mass is 10.1. The standard InChI is InChI=1S/C19H20Br2N2O3S/c1-13-4-2-3-11-23(13)27(25,26)16-8-6-15(7-9-16)22-19(24)14-5-10-17(20)18(21)12-14/h5-10,12-13H,2-4,11H2,1H3,(H,22,24). The van der Waals surface area contributed by atoms with Crippen molar-refractivity contribution < 1.29 is 13.2 Å². The number of anilines is 1. The molecule has 1 saturated heterocycles. The van der Waals surface area contributed by atoms with Crippen molar-refractivity contribution in [2.45, 2.75) is 37.1 Å². The third-order valence-electron chi connectivity index (χ3n) is 4.64. The summed E-state index contributed by atoms with van der Waals surface area (Å²) in [6.45, 7) is 2.50. The van der Waals surface area contributed by atoms with Crippen molar-refractivity contribution in [1.29, 1.82) is 0 Å². The first-order chi connectivity index (χ1) is 12.8. The largest absolute Gasteiger partial charge is 0.322 e. The number of halogens is 2. The van der Waals surface area contributed by atoms with E-state index in [1.165, 1.54) is 0 Å². The number of amides is 1. The van der Waals surface area contributed by atoms with E-state index in [0.29, 0.717) is 17.8 Å². The van der Waals surface area contributed by atoms with Gasteiger partial charge in [0, 0.05) is 32.8 Å². The van der Waals surface area contributed by atoms with Gasteiger partial charge in [-0.15, -0.1) is 0 Å². The predicted octanol–water partition coefficient (Wildman–Crippen LogP) is 5.03. The fraction of sp³-hybridized carbons (Fsp3) is 0.316. The van der Waals surface area contributed by atoms with E-state index < -0.39 is 10.0 Å². The second kappa shape index (κ2) is 8.43. The fourth-order valence-electron chi connectivity index (χ4n) is 3.12. The second-order valence-electron chi connectivity index (χ2n) is 6.57. The van der Waals surface area contributed by atoms with Crippen LogP contribution in [0.4, 0.5) is 5.69 Å². The molecule has 1 aliphatic heterocycles. The average molecular weight is 516 g/mol. The monoisotopic (exact) mass is 514 g/mol. The van der Waals surface area contributed by atoms with Gasteiger partial charge < -0.3 is 5.32 Å². The van der Waals surface area contributed by atoms with Crippen LogP contribution in [0.2, 0.25) is 0 Å². The number of rotatable bonds is 4. The average Bonchev–Trinajstić information content (AvgIpc) is 2.64. The quantitative estimate of drug-likeness (QED) is 0.621. The molecule has 2 aromatic carbocycles. The van der Waals surface area contributed by atoms with Crippen molar-refractivity contribution in [3.63, 3.8) is 0 Å². The maximum Gasteiger partial charge on any atom is 0.255 e. The number of sulfonamides is 1. The Balaban J connectivity index is 1.75. The first kappa shape index (κ1) is 20.5. The molecule has 0 bridgehead atoms. The predicted molar refractivity (Wildman–Crippen MR) is 113 cm³/mol. The van der Waals surface area contributed by atoms with Crippen molar-refractivity contribution in [2.75, 3.05) is 11.9 Å². The van der Waals surface area contributed by atoms with E-state index in [1.807, 2.05) is 6.92 Å². The molecule has 1 heterocycles. The zero-order chi connectivity index (χ0) is 19.6. The Morgan fingerprint density at radius 1 is 1.07 bits per heavy atom. The highest BCUT2D eigenvalue weighted by Crippen LogP contribution is 2.27. The lowest BCUT2D eigenvalue weighted by Crippen LogP contribution is -2.41. The molecule has 1 N–H and O–H groups in total. The van der Waals surface area contributed by atoms with Gasteiger partial charge in [0.2, 0.25) is 10.0 Å². The molecule has 27 heavy (non-hydrogen) atoms. The number of carbonyl (C=O) groups excluding carboxylic acids is 1. The fourth-order valence-corrected chi connectivity index (χ4v) is 5.44. The van der Waals surface area contributed by atoms with Crippen molar-refractivity contribution in [3.8, 4) is 0 Å². The molecule has 8 heteroatoms. The third-order valence-corrected chi connectivity index (χ3v) is 8.55. The van der Waals surface area contributed by atoms with E-state index >= 15 is 0 Å². The van der Waals surface area contributed by atoms with Gasteiger partial charge in [-0.05, 0) is 94.1 Å². The molecule has 1 atom stereocenters. The van der Waals surface area contributed by atoms with Crippen LogP contribution in [0.1, 0.15) is 36.5 Å². The van der Waals surface area contributed by atoms with E-state index in [1.54, 1.807) is 46.8 Å². The van der Waals surface area contributed by atoms with Crippen molar-refractivity contribution in [3.05, 3.63) is 57.0 Å². The van der Waals surface area contributed by atoms with Gasteiger partial charge in [-0.2, -0.15) is 4.31 Å². The molecule has 3 rings (SSSR count). The Morgan fingerprint density at radius 3 is 2.41 bits per heavy atom. The zero-order valence-corrected chi connectivity index (χ0v) is 18.8. The van der Waals surface area contributed by atoms with Crippen molar-refractivity contribution >= 4 is 53.5 Å². The smallest absolute Gasteiger partial charge is 0.255 e. The van der Waals surface area contributed by atoms with Crippen LogP contribution in [-0.2, 0) is 10.0 Å². The van der Waals surface area contributed by atoms with Crippen molar-refractivity contribution in [1.82, 2.24) is 4.31 Å². The summed E-state index contributed by atoms with van der Waals surface area (Å²) in [5.41, 5.74) is 1.05. The molecule has 2 aromatic rings. The van der Waals surface area contributed by atoms with E-state index in [0.717, 1.165) is 28.2 Å². The van der Waals surface area contributed by atoms with Gasteiger partial charge in [0.25, 0.3) is 5.91 Å². The number of nitrogens with zero attached hydrogens (tertiary/aromatic N) is 1. The molecule has 5 nitrogen and oxygen atoms in total. The van der Waals surface area contributed by atoms with E-state index in [-0.39, 0.29) is 16.8 Å². The number of hydrogen-bond acceptors (Lipinski definition) is 3. The van der Waals surface area contributed by atoms with Crippen LogP contribution < -0.4 is 5.32 Å². The highest BCUT2D eigenvalue weighted by Gasteiger charge is 2.30. The Kier molecular flexibility index (Phi) is 6.40. The van der Waals surface area contributed by atoms with Gasteiger partial charge in [0.1, 0.15) is 0 Å². The molecule has 0 aliphatic carbocycles. The summed E-state index contributed by atoms with van der Waals surface area (Å²) >= 11 is 6.74. The summed E-state index contributed by atoms with van der Waals surface area (Å²) in [4.78, 5) is 12.6. The van der Waals surface area contributed by atoms with Crippen LogP contribution in [0.15, 0.2) is 56.3 Å². The molecule has 0 radical (unpaired) electrons. The Hall–Kier alpha value is -1.22. The molecule has 0 spiro atoms. The normalized spacial score (nSPS) is 18.3. The van der Waals surface area contributed by atoms with Crippen LogP contribution in [0.5, 0.6) is 0 Å². The van der Waals surface area contributed by atoms with Gasteiger partial charge >= 0.3 is 0 Å². The molecule has 1 fully saturated rings. The van der Waals surface area contributed by atoms with Gasteiger partial charge in [0.15, 0.2) is 0 Å². The van der Waals surface area contributed by atoms with E-state index in [2.05, 4.69) is 37.2 Å². The number of hydrogen-bond donors (Lipinski definition) is 1. The lowest BCUT2D eigenvalue weighted by Gasteiger charge is -2.32. The molecule has 1 unspecified atom stereocenters. The summed E-state index contributed by atoms with van der Waals surface area (Å²) in [5, 5.41) is 2.79. The third kappa shape index (κ3) is 4.62. The van der Waals surface area contributed by atoms with Crippen molar-refractivity contribution in [2.24, 2.45) is 0 Å². The van der Waals surface area contributed by atoms with Crippen LogP contribution in [-0.4, -0.2) is 31.2 Å². The molecular formula is C19H20Br2N2O3S. The SMILES string of the molecule is CC1CCCCN1S(=O)(=O)c1ccc(NC(=O)c2ccc(Br)c(Br)c2)cc1. The van der Waals surface area contributed by atoms with Gasteiger partial charge in [-0.1, -0.05) is 6.42 Å². The van der Waals surface area contributed by atoms with Crippen LogP contribution in [0.3, 0.4) is 0 Å². The summed E-state index contributed by atoms with van der Waals surface area (Å²) < 4.78 is 28.9. The Labute approximate surface area is 176 Å². The highest BCUT2D eigenvalue weighted by molar-refractivity contribution is 9.13. The minimum atomic E-state index is -3.51. The molecule has 0 aromatic heterocycles. The van der Waals surface area contributed by atoms with Gasteiger partial charge in [-0.3, -0.25) is 4.79 Å². The number of benzene rings is 2. The Morgan fingerprint density at radius 2 is 1.78 bits per heavy atom.